The van der Waals surface area contributed by atoms with Crippen LogP contribution in [-0.2, 0) is 0 Å². The molecule has 0 aliphatic heterocycles. The van der Waals surface area contributed by atoms with Crippen LogP contribution in [-0.4, -0.2) is 18.0 Å². The van der Waals surface area contributed by atoms with Crippen molar-refractivity contribution in [2.45, 2.75) is 13.8 Å². The zero-order chi connectivity index (χ0) is 16.8. The fourth-order valence-electron chi connectivity index (χ4n) is 2.14. The SMILES string of the molecule is COc1ccc(C(=O)C(=CO)N=Nc2cc(C)cc(C)c2)cc1. The zero-order valence-electron chi connectivity index (χ0n) is 13.3. The minimum absolute atomic E-state index is 0.130. The van der Waals surface area contributed by atoms with E-state index in [2.05, 4.69) is 10.2 Å². The van der Waals surface area contributed by atoms with Crippen molar-refractivity contribution in [2.75, 3.05) is 7.11 Å². The molecule has 1 N–H and O–H groups in total. The maximum Gasteiger partial charge on any atom is 0.216 e. The van der Waals surface area contributed by atoms with Crippen molar-refractivity contribution in [1.29, 1.82) is 0 Å². The Morgan fingerprint density at radius 2 is 1.70 bits per heavy atom. The van der Waals surface area contributed by atoms with Gasteiger partial charge in [-0.3, -0.25) is 4.79 Å². The van der Waals surface area contributed by atoms with Gasteiger partial charge in [0.25, 0.3) is 0 Å². The number of hydrogen-bond donors (Lipinski definition) is 1. The maximum atomic E-state index is 12.3. The van der Waals surface area contributed by atoms with Crippen LogP contribution in [0.25, 0.3) is 0 Å². The number of aliphatic hydroxyl groups excluding tert-OH is 1. The highest BCUT2D eigenvalue weighted by Crippen LogP contribution is 2.20. The number of azo groups is 1. The van der Waals surface area contributed by atoms with Crippen LogP contribution in [0.5, 0.6) is 5.75 Å². The smallest absolute Gasteiger partial charge is 0.216 e. The Kier molecular flexibility index (Phi) is 5.25. The molecule has 5 nitrogen and oxygen atoms in total. The van der Waals surface area contributed by atoms with E-state index in [1.54, 1.807) is 31.4 Å². The zero-order valence-corrected chi connectivity index (χ0v) is 13.3. The first-order valence-electron chi connectivity index (χ1n) is 7.06. The molecule has 23 heavy (non-hydrogen) atoms. The van der Waals surface area contributed by atoms with Crippen LogP contribution in [0.4, 0.5) is 5.69 Å². The van der Waals surface area contributed by atoms with Crippen molar-refractivity contribution in [3.63, 3.8) is 0 Å². The highest BCUT2D eigenvalue weighted by Gasteiger charge is 2.12. The highest BCUT2D eigenvalue weighted by molar-refractivity contribution is 6.08. The van der Waals surface area contributed by atoms with E-state index in [9.17, 15) is 9.90 Å². The molecule has 0 unspecified atom stereocenters. The topological polar surface area (TPSA) is 71.2 Å². The van der Waals surface area contributed by atoms with Gasteiger partial charge in [0.15, 0.2) is 5.70 Å². The molecule has 0 amide bonds. The molecule has 0 radical (unpaired) electrons. The third-order valence-electron chi connectivity index (χ3n) is 3.19. The molecule has 0 saturated heterocycles. The number of carbonyl (C=O) groups is 1. The normalized spacial score (nSPS) is 11.7. The number of hydrogen-bond acceptors (Lipinski definition) is 5. The van der Waals surface area contributed by atoms with Gasteiger partial charge < -0.3 is 9.84 Å². The number of aryl methyl sites for hydroxylation is 2. The summed E-state index contributed by atoms with van der Waals surface area (Å²) in [6.07, 6.45) is 0.665. The molecule has 0 heterocycles. The number of Topliss-reactive ketones (excluding diaryl/α,β-unsaturated/α-hetero) is 1. The van der Waals surface area contributed by atoms with Gasteiger partial charge in [-0.25, -0.2) is 0 Å². The van der Waals surface area contributed by atoms with Crippen molar-refractivity contribution in [3.8, 4) is 5.75 Å². The molecular weight excluding hydrogens is 292 g/mol. The monoisotopic (exact) mass is 310 g/mol. The second-order valence-corrected chi connectivity index (χ2v) is 5.12. The van der Waals surface area contributed by atoms with E-state index >= 15 is 0 Å². The summed E-state index contributed by atoms with van der Waals surface area (Å²) in [7, 11) is 1.55. The average molecular weight is 310 g/mol. The van der Waals surface area contributed by atoms with E-state index < -0.39 is 5.78 Å². The van der Waals surface area contributed by atoms with Crippen molar-refractivity contribution in [3.05, 3.63) is 71.1 Å². The molecule has 0 aliphatic rings. The summed E-state index contributed by atoms with van der Waals surface area (Å²) in [5, 5.41) is 17.2. The van der Waals surface area contributed by atoms with Gasteiger partial charge in [-0.1, -0.05) is 6.07 Å². The van der Waals surface area contributed by atoms with Crippen molar-refractivity contribution >= 4 is 11.5 Å². The lowest BCUT2D eigenvalue weighted by Crippen LogP contribution is -2.01. The number of ketones is 1. The van der Waals surface area contributed by atoms with Gasteiger partial charge >= 0.3 is 0 Å². The van der Waals surface area contributed by atoms with E-state index in [1.165, 1.54) is 0 Å². The third kappa shape index (κ3) is 4.26. The van der Waals surface area contributed by atoms with Crippen molar-refractivity contribution in [2.24, 2.45) is 10.2 Å². The Morgan fingerprint density at radius 3 is 2.22 bits per heavy atom. The fourth-order valence-corrected chi connectivity index (χ4v) is 2.14. The lowest BCUT2D eigenvalue weighted by molar-refractivity contribution is 0.102. The number of allylic oxidation sites excluding steroid dienone is 1. The molecule has 0 saturated carbocycles. The largest absolute Gasteiger partial charge is 0.513 e. The van der Waals surface area contributed by atoms with Gasteiger partial charge in [0, 0.05) is 5.56 Å². The first-order chi connectivity index (χ1) is 11.0. The van der Waals surface area contributed by atoms with Crippen molar-refractivity contribution in [1.82, 2.24) is 0 Å². The van der Waals surface area contributed by atoms with Crippen LogP contribution in [0.1, 0.15) is 21.5 Å². The van der Waals surface area contributed by atoms with Crippen LogP contribution in [0.3, 0.4) is 0 Å². The number of aliphatic hydroxyl groups is 1. The summed E-state index contributed by atoms with van der Waals surface area (Å²) in [5.41, 5.74) is 2.99. The molecule has 0 aromatic heterocycles. The average Bonchev–Trinajstić information content (AvgIpc) is 2.54. The minimum Gasteiger partial charge on any atom is -0.513 e. The van der Waals surface area contributed by atoms with Crippen LogP contribution < -0.4 is 4.74 Å². The summed E-state index contributed by atoms with van der Waals surface area (Å²) >= 11 is 0. The quantitative estimate of drug-likeness (QED) is 0.377. The van der Waals surface area contributed by atoms with Gasteiger partial charge in [0.1, 0.15) is 12.0 Å². The van der Waals surface area contributed by atoms with E-state index in [0.717, 1.165) is 11.1 Å². The number of nitrogens with zero attached hydrogens (tertiary/aromatic N) is 2. The number of ether oxygens (including phenoxy) is 1. The molecule has 0 aliphatic carbocycles. The van der Waals surface area contributed by atoms with Gasteiger partial charge in [-0.15, -0.1) is 5.11 Å². The van der Waals surface area contributed by atoms with Gasteiger partial charge in [-0.2, -0.15) is 5.11 Å². The molecule has 2 aromatic rings. The molecule has 0 fully saturated rings. The number of methoxy groups -OCH3 is 1. The Hall–Kier alpha value is -2.95. The summed E-state index contributed by atoms with van der Waals surface area (Å²) in [6.45, 7) is 3.91. The lowest BCUT2D eigenvalue weighted by atomic mass is 10.1. The second kappa shape index (κ2) is 7.35. The van der Waals surface area contributed by atoms with E-state index in [1.807, 2.05) is 32.0 Å². The number of benzene rings is 2. The lowest BCUT2D eigenvalue weighted by Gasteiger charge is -2.03. The third-order valence-corrected chi connectivity index (χ3v) is 3.19. The summed E-state index contributed by atoms with van der Waals surface area (Å²) in [5.74, 6) is 0.233. The Morgan fingerprint density at radius 1 is 1.09 bits per heavy atom. The second-order valence-electron chi connectivity index (χ2n) is 5.12. The minimum atomic E-state index is -0.414. The summed E-state index contributed by atoms with van der Waals surface area (Å²) in [4.78, 5) is 12.3. The van der Waals surface area contributed by atoms with Crippen LogP contribution in [0.2, 0.25) is 0 Å². The Labute approximate surface area is 135 Å². The number of rotatable bonds is 5. The Balaban J connectivity index is 2.21. The standard InChI is InChI=1S/C18H18N2O3/c1-12-8-13(2)10-15(9-12)19-20-17(11-21)18(22)14-4-6-16(23-3)7-5-14/h4-11,21H,1-3H3. The van der Waals surface area contributed by atoms with Crippen LogP contribution in [0.15, 0.2) is 64.7 Å². The van der Waals surface area contributed by atoms with Crippen molar-refractivity contribution < 1.29 is 14.6 Å². The van der Waals surface area contributed by atoms with E-state index in [-0.39, 0.29) is 5.70 Å². The van der Waals surface area contributed by atoms with E-state index in [0.29, 0.717) is 23.3 Å². The summed E-state index contributed by atoms with van der Waals surface area (Å²) < 4.78 is 5.05. The van der Waals surface area contributed by atoms with Gasteiger partial charge in [-0.05, 0) is 61.4 Å². The predicted octanol–water partition coefficient (Wildman–Crippen LogP) is 4.68. The van der Waals surface area contributed by atoms with Crippen LogP contribution >= 0.6 is 0 Å². The number of carbonyl (C=O) groups excluding carboxylic acids is 1. The van der Waals surface area contributed by atoms with Crippen LogP contribution in [0, 0.1) is 13.8 Å². The molecule has 0 atom stereocenters. The van der Waals surface area contributed by atoms with Gasteiger partial charge in [0.05, 0.1) is 12.8 Å². The fraction of sp³-hybridized carbons (Fsp3) is 0.167. The highest BCUT2D eigenvalue weighted by atomic mass is 16.5. The molecule has 0 bridgehead atoms. The molecule has 2 rings (SSSR count). The first kappa shape index (κ1) is 16.4. The first-order valence-corrected chi connectivity index (χ1v) is 7.06. The molecular formula is C18H18N2O3. The maximum absolute atomic E-state index is 12.3. The summed E-state index contributed by atoms with van der Waals surface area (Å²) in [6, 6.07) is 12.3. The van der Waals surface area contributed by atoms with Gasteiger partial charge in [0.2, 0.25) is 5.78 Å². The van der Waals surface area contributed by atoms with E-state index in [4.69, 9.17) is 4.74 Å². The predicted molar refractivity (Wildman–Crippen MR) is 88.5 cm³/mol. The molecule has 118 valence electrons. The Bertz CT molecular complexity index is 742. The molecule has 0 spiro atoms. The molecule has 5 heteroatoms. The molecule has 2 aromatic carbocycles.